The molecule has 1 unspecified atom stereocenters. The predicted molar refractivity (Wildman–Crippen MR) is 82.1 cm³/mol. The Kier molecular flexibility index (Phi) is 4.15. The van der Waals surface area contributed by atoms with Gasteiger partial charge in [0.25, 0.3) is 0 Å². The number of hydrogen-bond donors (Lipinski definition) is 1. The maximum atomic E-state index is 10.9. The van der Waals surface area contributed by atoms with Crippen LogP contribution in [0.5, 0.6) is 5.75 Å². The average Bonchev–Trinajstić information content (AvgIpc) is 2.39. The van der Waals surface area contributed by atoms with Gasteiger partial charge < -0.3 is 9.84 Å². The van der Waals surface area contributed by atoms with E-state index in [1.165, 1.54) is 0 Å². The fourth-order valence-corrected chi connectivity index (χ4v) is 2.40. The Labute approximate surface area is 121 Å². The molecule has 0 amide bonds. The van der Waals surface area contributed by atoms with Gasteiger partial charge in [0.15, 0.2) is 0 Å². The summed E-state index contributed by atoms with van der Waals surface area (Å²) in [4.78, 5) is 0. The number of rotatable bonds is 4. The highest BCUT2D eigenvalue weighted by atomic mass is 16.5. The molecule has 1 N–H and O–H groups in total. The van der Waals surface area contributed by atoms with Gasteiger partial charge in [-0.1, -0.05) is 36.4 Å². The molecule has 0 aromatic heterocycles. The van der Waals surface area contributed by atoms with E-state index < -0.39 is 5.60 Å². The highest BCUT2D eigenvalue weighted by Gasteiger charge is 2.26. The van der Waals surface area contributed by atoms with Crippen molar-refractivity contribution in [3.8, 4) is 5.75 Å². The maximum Gasteiger partial charge on any atom is 0.119 e. The van der Waals surface area contributed by atoms with Crippen LogP contribution in [0.25, 0.3) is 0 Å². The summed E-state index contributed by atoms with van der Waals surface area (Å²) in [7, 11) is 0. The van der Waals surface area contributed by atoms with E-state index in [9.17, 15) is 5.11 Å². The highest BCUT2D eigenvalue weighted by Crippen LogP contribution is 2.32. The minimum Gasteiger partial charge on any atom is -0.491 e. The van der Waals surface area contributed by atoms with Crippen molar-refractivity contribution in [2.45, 2.75) is 39.4 Å². The number of benzene rings is 2. The second-order valence-electron chi connectivity index (χ2n) is 5.58. The number of hydrogen-bond acceptors (Lipinski definition) is 2. The molecule has 0 spiro atoms. The second kappa shape index (κ2) is 5.68. The van der Waals surface area contributed by atoms with Crippen molar-refractivity contribution in [1.82, 2.24) is 0 Å². The van der Waals surface area contributed by atoms with Crippen LogP contribution >= 0.6 is 0 Å². The molecule has 0 saturated carbocycles. The van der Waals surface area contributed by atoms with Gasteiger partial charge in [0.2, 0.25) is 0 Å². The zero-order valence-corrected chi connectivity index (χ0v) is 12.6. The van der Waals surface area contributed by atoms with E-state index in [0.29, 0.717) is 0 Å². The molecule has 1 atom stereocenters. The van der Waals surface area contributed by atoms with Gasteiger partial charge in [0, 0.05) is 0 Å². The van der Waals surface area contributed by atoms with Gasteiger partial charge in [0.05, 0.1) is 6.10 Å². The fourth-order valence-electron chi connectivity index (χ4n) is 2.40. The van der Waals surface area contributed by atoms with E-state index in [2.05, 4.69) is 0 Å². The van der Waals surface area contributed by atoms with Gasteiger partial charge in [-0.3, -0.25) is 0 Å². The van der Waals surface area contributed by atoms with E-state index in [1.54, 1.807) is 0 Å². The van der Waals surface area contributed by atoms with Crippen LogP contribution in [0.3, 0.4) is 0 Å². The lowest BCUT2D eigenvalue weighted by Gasteiger charge is -2.26. The third kappa shape index (κ3) is 3.02. The first-order chi connectivity index (χ1) is 9.41. The lowest BCUT2D eigenvalue weighted by Crippen LogP contribution is -2.23. The van der Waals surface area contributed by atoms with E-state index in [-0.39, 0.29) is 6.10 Å². The van der Waals surface area contributed by atoms with Crippen molar-refractivity contribution in [1.29, 1.82) is 0 Å². The summed E-state index contributed by atoms with van der Waals surface area (Å²) in [6.45, 7) is 7.84. The molecule has 0 aliphatic heterocycles. The lowest BCUT2D eigenvalue weighted by atomic mass is 9.86. The van der Waals surface area contributed by atoms with Crippen LogP contribution in [-0.4, -0.2) is 11.2 Å². The van der Waals surface area contributed by atoms with Crippen molar-refractivity contribution in [3.63, 3.8) is 0 Å². The first-order valence-corrected chi connectivity index (χ1v) is 6.97. The molecule has 2 aromatic carbocycles. The number of ether oxygens (including phenoxy) is 1. The molecule has 0 heterocycles. The van der Waals surface area contributed by atoms with Gasteiger partial charge in [-0.2, -0.15) is 0 Å². The Hall–Kier alpha value is -1.80. The topological polar surface area (TPSA) is 29.5 Å². The molecule has 20 heavy (non-hydrogen) atoms. The summed E-state index contributed by atoms with van der Waals surface area (Å²) in [5.41, 5.74) is 1.88. The summed E-state index contributed by atoms with van der Waals surface area (Å²) in [5, 5.41) is 10.9. The third-order valence-electron chi connectivity index (χ3n) is 3.46. The van der Waals surface area contributed by atoms with Crippen molar-refractivity contribution >= 4 is 0 Å². The summed E-state index contributed by atoms with van der Waals surface area (Å²) < 4.78 is 5.63. The van der Waals surface area contributed by atoms with Crippen LogP contribution in [0.4, 0.5) is 0 Å². The van der Waals surface area contributed by atoms with E-state index in [1.807, 2.05) is 76.2 Å². The second-order valence-corrected chi connectivity index (χ2v) is 5.58. The number of aryl methyl sites for hydroxylation is 1. The summed E-state index contributed by atoms with van der Waals surface area (Å²) in [5.74, 6) is 0.823. The van der Waals surface area contributed by atoms with Crippen LogP contribution in [-0.2, 0) is 5.60 Å². The van der Waals surface area contributed by atoms with Gasteiger partial charge >= 0.3 is 0 Å². The van der Waals surface area contributed by atoms with Crippen LogP contribution < -0.4 is 4.74 Å². The van der Waals surface area contributed by atoms with Gasteiger partial charge in [0.1, 0.15) is 11.4 Å². The van der Waals surface area contributed by atoms with Crippen molar-refractivity contribution < 1.29 is 9.84 Å². The minimum absolute atomic E-state index is 0.151. The normalized spacial score (nSPS) is 14.1. The zero-order valence-electron chi connectivity index (χ0n) is 12.6. The number of aliphatic hydroxyl groups is 1. The molecular weight excluding hydrogens is 248 g/mol. The Bertz CT molecular complexity index is 568. The molecule has 0 bridgehead atoms. The van der Waals surface area contributed by atoms with Crippen LogP contribution in [0.1, 0.15) is 37.5 Å². The quantitative estimate of drug-likeness (QED) is 0.908. The first-order valence-electron chi connectivity index (χ1n) is 6.97. The van der Waals surface area contributed by atoms with E-state index in [0.717, 1.165) is 22.4 Å². The molecule has 2 heteroatoms. The molecular formula is C18H22O2. The molecule has 106 valence electrons. The zero-order chi connectivity index (χ0) is 14.8. The SMILES string of the molecule is Cc1ccccc1C(C)(O)c1ccc(OC(C)C)cc1. The Morgan fingerprint density at radius 1 is 1.00 bits per heavy atom. The largest absolute Gasteiger partial charge is 0.491 e. The van der Waals surface area contributed by atoms with Gasteiger partial charge in [-0.15, -0.1) is 0 Å². The highest BCUT2D eigenvalue weighted by molar-refractivity contribution is 5.41. The maximum absolute atomic E-state index is 10.9. The fraction of sp³-hybridized carbons (Fsp3) is 0.333. The third-order valence-corrected chi connectivity index (χ3v) is 3.46. The molecule has 2 aromatic rings. The summed E-state index contributed by atoms with van der Waals surface area (Å²) in [6.07, 6.45) is 0.151. The molecule has 0 saturated heterocycles. The monoisotopic (exact) mass is 270 g/mol. The van der Waals surface area contributed by atoms with E-state index >= 15 is 0 Å². The summed E-state index contributed by atoms with van der Waals surface area (Å²) in [6, 6.07) is 15.6. The Morgan fingerprint density at radius 2 is 1.60 bits per heavy atom. The van der Waals surface area contributed by atoms with Gasteiger partial charge in [-0.25, -0.2) is 0 Å². The molecule has 2 nitrogen and oxygen atoms in total. The van der Waals surface area contributed by atoms with Crippen molar-refractivity contribution in [2.75, 3.05) is 0 Å². The van der Waals surface area contributed by atoms with Crippen molar-refractivity contribution in [2.24, 2.45) is 0 Å². The molecule has 0 fully saturated rings. The molecule has 2 rings (SSSR count). The predicted octanol–water partition coefficient (Wildman–Crippen LogP) is 4.04. The molecule has 0 aliphatic rings. The van der Waals surface area contributed by atoms with Crippen LogP contribution in [0, 0.1) is 6.92 Å². The van der Waals surface area contributed by atoms with Crippen LogP contribution in [0.15, 0.2) is 48.5 Å². The molecule has 0 radical (unpaired) electrons. The first kappa shape index (κ1) is 14.6. The van der Waals surface area contributed by atoms with E-state index in [4.69, 9.17) is 4.74 Å². The smallest absolute Gasteiger partial charge is 0.119 e. The Morgan fingerprint density at radius 3 is 2.15 bits per heavy atom. The molecule has 0 aliphatic carbocycles. The van der Waals surface area contributed by atoms with Crippen molar-refractivity contribution in [3.05, 3.63) is 65.2 Å². The Balaban J connectivity index is 2.32. The average molecular weight is 270 g/mol. The minimum atomic E-state index is -0.998. The summed E-state index contributed by atoms with van der Waals surface area (Å²) >= 11 is 0. The standard InChI is InChI=1S/C18H22O2/c1-13(2)20-16-11-9-15(10-12-16)18(4,19)17-8-6-5-7-14(17)3/h5-13,19H,1-4H3. The van der Waals surface area contributed by atoms with Gasteiger partial charge in [-0.05, 0) is 56.5 Å². The lowest BCUT2D eigenvalue weighted by molar-refractivity contribution is 0.101. The van der Waals surface area contributed by atoms with Crippen LogP contribution in [0.2, 0.25) is 0 Å².